The van der Waals surface area contributed by atoms with Crippen molar-refractivity contribution in [2.45, 2.75) is 411 Å². The highest BCUT2D eigenvalue weighted by Crippen LogP contribution is 2.19. The Morgan fingerprint density at radius 3 is 0.950 bits per heavy atom. The van der Waals surface area contributed by atoms with Crippen molar-refractivity contribution in [3.8, 4) is 0 Å². The van der Waals surface area contributed by atoms with Gasteiger partial charge in [-0.15, -0.1) is 0 Å². The number of rotatable bonds is 68. The summed E-state index contributed by atoms with van der Waals surface area (Å²) in [6, 6.07) is -0.634. The van der Waals surface area contributed by atoms with E-state index >= 15 is 0 Å². The first-order valence-electron chi connectivity index (χ1n) is 36.3. The van der Waals surface area contributed by atoms with E-state index in [9.17, 15) is 19.8 Å². The van der Waals surface area contributed by atoms with Gasteiger partial charge in [0.15, 0.2) is 0 Å². The molecule has 0 radical (unpaired) electrons. The van der Waals surface area contributed by atoms with Crippen LogP contribution in [-0.4, -0.2) is 47.4 Å². The van der Waals surface area contributed by atoms with Gasteiger partial charge in [0.2, 0.25) is 5.91 Å². The number of esters is 1. The number of hydrogen-bond donors (Lipinski definition) is 3. The highest BCUT2D eigenvalue weighted by molar-refractivity contribution is 5.76. The molecule has 0 fully saturated rings. The van der Waals surface area contributed by atoms with Crippen molar-refractivity contribution in [1.29, 1.82) is 0 Å². The van der Waals surface area contributed by atoms with Crippen molar-refractivity contribution in [2.24, 2.45) is 0 Å². The van der Waals surface area contributed by atoms with Crippen LogP contribution in [0.3, 0.4) is 0 Å². The van der Waals surface area contributed by atoms with E-state index in [1.165, 1.54) is 327 Å². The van der Waals surface area contributed by atoms with Gasteiger partial charge in [-0.2, -0.15) is 0 Å². The number of ether oxygens (including phenoxy) is 1. The molecule has 0 rings (SSSR count). The summed E-state index contributed by atoms with van der Waals surface area (Å²) < 4.78 is 5.48. The molecule has 2 unspecified atom stereocenters. The molecular weight excluding hydrogens is 983 g/mol. The molecule has 2 atom stereocenters. The fraction of sp³-hybridized carbons (Fsp3) is 0.892. The van der Waals surface area contributed by atoms with Gasteiger partial charge in [-0.1, -0.05) is 359 Å². The zero-order valence-electron chi connectivity index (χ0n) is 54.1. The standard InChI is InChI=1S/C74H141NO5/c1-3-5-7-9-11-13-15-17-18-19-20-21-22-24-27-30-33-36-39-43-46-50-54-58-62-66-72(77)71(70-76)75-73(78)67-63-59-55-51-47-44-40-37-34-31-28-25-23-26-29-32-35-38-41-45-49-53-57-61-65-69-80-74(79)68-64-60-56-52-48-42-16-14-12-10-8-6-4-2/h25-26,28-29,62,66,71-72,76-77H,3-24,27,30-61,63-65,67-70H2,1-2H3,(H,75,78)/b28-25-,29-26-,66-62+. The summed E-state index contributed by atoms with van der Waals surface area (Å²) in [7, 11) is 0. The van der Waals surface area contributed by atoms with Crippen molar-refractivity contribution in [2.75, 3.05) is 13.2 Å². The Bertz CT molecular complexity index is 1300. The van der Waals surface area contributed by atoms with Gasteiger partial charge < -0.3 is 20.3 Å². The Balaban J connectivity index is 3.46. The lowest BCUT2D eigenvalue weighted by Gasteiger charge is -2.20. The van der Waals surface area contributed by atoms with E-state index in [0.717, 1.165) is 44.9 Å². The van der Waals surface area contributed by atoms with Gasteiger partial charge in [0.1, 0.15) is 0 Å². The average Bonchev–Trinajstić information content (AvgIpc) is 3.46. The molecule has 0 aliphatic rings. The lowest BCUT2D eigenvalue weighted by molar-refractivity contribution is -0.143. The molecule has 0 aromatic heterocycles. The van der Waals surface area contributed by atoms with Gasteiger partial charge >= 0.3 is 5.97 Å². The molecule has 0 aliphatic heterocycles. The number of nitrogens with one attached hydrogen (secondary N) is 1. The molecule has 0 aromatic carbocycles. The third kappa shape index (κ3) is 65.2. The van der Waals surface area contributed by atoms with E-state index in [2.05, 4.69) is 43.5 Å². The van der Waals surface area contributed by atoms with Crippen molar-refractivity contribution in [3.05, 3.63) is 36.5 Å². The normalized spacial score (nSPS) is 12.7. The number of unbranched alkanes of at least 4 members (excludes halogenated alkanes) is 53. The summed E-state index contributed by atoms with van der Waals surface area (Å²) in [5.74, 6) is -0.0592. The summed E-state index contributed by atoms with van der Waals surface area (Å²) in [4.78, 5) is 24.6. The van der Waals surface area contributed by atoms with E-state index in [4.69, 9.17) is 4.74 Å². The summed E-state index contributed by atoms with van der Waals surface area (Å²) in [5, 5.41) is 23.3. The van der Waals surface area contributed by atoms with Crippen LogP contribution in [-0.2, 0) is 14.3 Å². The maximum atomic E-state index is 12.5. The summed E-state index contributed by atoms with van der Waals surface area (Å²) in [6.07, 6.45) is 89.4. The van der Waals surface area contributed by atoms with Crippen molar-refractivity contribution in [3.63, 3.8) is 0 Å². The van der Waals surface area contributed by atoms with E-state index < -0.39 is 12.1 Å². The van der Waals surface area contributed by atoms with Crippen molar-refractivity contribution < 1.29 is 24.5 Å². The molecule has 6 nitrogen and oxygen atoms in total. The molecule has 472 valence electrons. The molecule has 80 heavy (non-hydrogen) atoms. The lowest BCUT2D eigenvalue weighted by Crippen LogP contribution is -2.45. The third-order valence-electron chi connectivity index (χ3n) is 16.9. The highest BCUT2D eigenvalue weighted by atomic mass is 16.5. The minimum Gasteiger partial charge on any atom is -0.466 e. The Morgan fingerprint density at radius 1 is 0.350 bits per heavy atom. The second-order valence-corrected chi connectivity index (χ2v) is 24.9. The molecule has 6 heteroatoms. The zero-order chi connectivity index (χ0) is 57.8. The van der Waals surface area contributed by atoms with Gasteiger partial charge in [-0.3, -0.25) is 9.59 Å². The van der Waals surface area contributed by atoms with Gasteiger partial charge in [0.05, 0.1) is 25.4 Å². The second-order valence-electron chi connectivity index (χ2n) is 24.9. The van der Waals surface area contributed by atoms with Crippen molar-refractivity contribution >= 4 is 11.9 Å². The van der Waals surface area contributed by atoms with Gasteiger partial charge in [-0.05, 0) is 64.2 Å². The van der Waals surface area contributed by atoms with Crippen LogP contribution in [0.1, 0.15) is 399 Å². The van der Waals surface area contributed by atoms with Crippen LogP contribution in [0.2, 0.25) is 0 Å². The number of allylic oxidation sites excluding steroid dienone is 5. The maximum absolute atomic E-state index is 12.5. The maximum Gasteiger partial charge on any atom is 0.305 e. The minimum atomic E-state index is -0.850. The Hall–Kier alpha value is -1.92. The topological polar surface area (TPSA) is 95.9 Å². The summed E-state index contributed by atoms with van der Waals surface area (Å²) in [5.41, 5.74) is 0. The van der Waals surface area contributed by atoms with E-state index in [-0.39, 0.29) is 18.5 Å². The first kappa shape index (κ1) is 78.1. The van der Waals surface area contributed by atoms with Gasteiger partial charge in [-0.25, -0.2) is 0 Å². The largest absolute Gasteiger partial charge is 0.466 e. The van der Waals surface area contributed by atoms with E-state index in [0.29, 0.717) is 19.4 Å². The molecule has 0 spiro atoms. The predicted molar refractivity (Wildman–Crippen MR) is 352 cm³/mol. The minimum absolute atomic E-state index is 0.0107. The van der Waals surface area contributed by atoms with Gasteiger partial charge in [0, 0.05) is 12.8 Å². The molecule has 1 amide bonds. The first-order chi connectivity index (χ1) is 39.5. The number of carbonyl (C=O) groups excluding carboxylic acids is 2. The molecule has 0 heterocycles. The number of carbonyl (C=O) groups is 2. The zero-order valence-corrected chi connectivity index (χ0v) is 54.1. The van der Waals surface area contributed by atoms with Crippen LogP contribution in [0, 0.1) is 0 Å². The smallest absolute Gasteiger partial charge is 0.305 e. The van der Waals surface area contributed by atoms with Crippen LogP contribution in [0.25, 0.3) is 0 Å². The fourth-order valence-electron chi connectivity index (χ4n) is 11.4. The molecule has 0 saturated heterocycles. The van der Waals surface area contributed by atoms with Crippen LogP contribution < -0.4 is 5.32 Å². The van der Waals surface area contributed by atoms with Crippen LogP contribution in [0.4, 0.5) is 0 Å². The second kappa shape index (κ2) is 69.6. The lowest BCUT2D eigenvalue weighted by atomic mass is 10.0. The Labute approximate surface area is 500 Å². The van der Waals surface area contributed by atoms with Crippen molar-refractivity contribution in [1.82, 2.24) is 5.32 Å². The fourth-order valence-corrected chi connectivity index (χ4v) is 11.4. The molecular formula is C74H141NO5. The van der Waals surface area contributed by atoms with E-state index in [1.54, 1.807) is 6.08 Å². The molecule has 3 N–H and O–H groups in total. The summed E-state index contributed by atoms with van der Waals surface area (Å²) in [6.45, 7) is 4.94. The Morgan fingerprint density at radius 2 is 0.625 bits per heavy atom. The average molecular weight is 1120 g/mol. The molecule has 0 aliphatic carbocycles. The van der Waals surface area contributed by atoms with Crippen LogP contribution in [0.15, 0.2) is 36.5 Å². The number of amides is 1. The number of hydrogen-bond acceptors (Lipinski definition) is 5. The SMILES string of the molecule is CCCCCCCCCCCCCCCCCCCCCCCCC/C=C/C(O)C(CO)NC(=O)CCCCCCCCCCC/C=C\C/C=C\CCCCCCCCCCCOC(=O)CCCCCCCCCCCCCCC. The highest BCUT2D eigenvalue weighted by Gasteiger charge is 2.18. The molecule has 0 aromatic rings. The monoisotopic (exact) mass is 1120 g/mol. The summed E-state index contributed by atoms with van der Waals surface area (Å²) >= 11 is 0. The first-order valence-corrected chi connectivity index (χ1v) is 36.3. The van der Waals surface area contributed by atoms with Crippen LogP contribution in [0.5, 0.6) is 0 Å². The van der Waals surface area contributed by atoms with Crippen LogP contribution >= 0.6 is 0 Å². The number of aliphatic hydroxyl groups is 2. The quantitative estimate of drug-likeness (QED) is 0.0320. The number of aliphatic hydroxyl groups excluding tert-OH is 2. The molecule has 0 bridgehead atoms. The third-order valence-corrected chi connectivity index (χ3v) is 16.9. The molecule has 0 saturated carbocycles. The Kier molecular flexibility index (Phi) is 67.9. The van der Waals surface area contributed by atoms with Gasteiger partial charge in [0.25, 0.3) is 0 Å². The van der Waals surface area contributed by atoms with E-state index in [1.807, 2.05) is 6.08 Å². The predicted octanol–water partition coefficient (Wildman–Crippen LogP) is 23.5.